The fourth-order valence-corrected chi connectivity index (χ4v) is 2.65. The maximum atomic E-state index is 11.3. The number of rotatable bonds is 4. The number of hydrogen-bond acceptors (Lipinski definition) is 4. The average Bonchev–Trinajstić information content (AvgIpc) is 2.81. The Hall–Kier alpha value is -1.11. The summed E-state index contributed by atoms with van der Waals surface area (Å²) in [5.41, 5.74) is 0.765. The van der Waals surface area contributed by atoms with E-state index >= 15 is 0 Å². The van der Waals surface area contributed by atoms with Gasteiger partial charge in [-0.3, -0.25) is 0 Å². The first-order chi connectivity index (χ1) is 8.47. The zero-order valence-corrected chi connectivity index (χ0v) is 11.1. The molecule has 1 aromatic carbocycles. The Kier molecular flexibility index (Phi) is 3.89. The number of nitrogens with one attached hydrogen (secondary N) is 1. The van der Waals surface area contributed by atoms with E-state index in [9.17, 15) is 8.42 Å². The van der Waals surface area contributed by atoms with Gasteiger partial charge >= 0.3 is 0 Å². The lowest BCUT2D eigenvalue weighted by Gasteiger charge is -2.20. The maximum absolute atomic E-state index is 11.3. The molecule has 0 amide bonds. The highest BCUT2D eigenvalue weighted by Gasteiger charge is 2.22. The number of anilines is 1. The molecule has 1 fully saturated rings. The third kappa shape index (κ3) is 3.22. The molecule has 3 N–H and O–H groups in total. The molecule has 0 radical (unpaired) electrons. The number of nitrogens with two attached hydrogens (primary N) is 1. The molecule has 1 saturated heterocycles. The Labute approximate surface area is 107 Å². The Morgan fingerprint density at radius 3 is 2.89 bits per heavy atom. The molecule has 100 valence electrons. The van der Waals surface area contributed by atoms with Gasteiger partial charge in [0.1, 0.15) is 0 Å². The van der Waals surface area contributed by atoms with Crippen molar-refractivity contribution in [1.29, 1.82) is 0 Å². The van der Waals surface area contributed by atoms with Gasteiger partial charge in [0.2, 0.25) is 10.0 Å². The second-order valence-corrected chi connectivity index (χ2v) is 6.19. The van der Waals surface area contributed by atoms with Crippen LogP contribution in [0.3, 0.4) is 0 Å². The summed E-state index contributed by atoms with van der Waals surface area (Å²) in [6.45, 7) is 3.62. The van der Waals surface area contributed by atoms with Crippen LogP contribution in [0.25, 0.3) is 0 Å². The van der Waals surface area contributed by atoms with Crippen molar-refractivity contribution in [3.63, 3.8) is 0 Å². The third-order valence-corrected chi connectivity index (χ3v) is 4.14. The van der Waals surface area contributed by atoms with E-state index in [1.807, 2.05) is 6.07 Å². The number of ether oxygens (including phenoxy) is 1. The Morgan fingerprint density at radius 1 is 1.50 bits per heavy atom. The molecule has 6 heteroatoms. The van der Waals surface area contributed by atoms with Crippen molar-refractivity contribution in [2.45, 2.75) is 24.3 Å². The number of sulfonamides is 1. The molecule has 2 unspecified atom stereocenters. The van der Waals surface area contributed by atoms with Gasteiger partial charge in [-0.1, -0.05) is 6.07 Å². The minimum Gasteiger partial charge on any atom is -0.382 e. The van der Waals surface area contributed by atoms with Gasteiger partial charge in [0.05, 0.1) is 11.5 Å². The van der Waals surface area contributed by atoms with Crippen LogP contribution in [0.1, 0.15) is 13.3 Å². The van der Waals surface area contributed by atoms with Crippen molar-refractivity contribution < 1.29 is 13.2 Å². The lowest BCUT2D eigenvalue weighted by molar-refractivity contribution is 0.183. The van der Waals surface area contributed by atoms with Crippen LogP contribution in [0, 0.1) is 5.92 Å². The van der Waals surface area contributed by atoms with Crippen molar-refractivity contribution in [2.24, 2.45) is 11.1 Å². The summed E-state index contributed by atoms with van der Waals surface area (Å²) < 4.78 is 27.9. The Balaban J connectivity index is 2.09. The normalized spacial score (nSPS) is 21.8. The minimum atomic E-state index is -3.64. The van der Waals surface area contributed by atoms with Crippen molar-refractivity contribution in [2.75, 3.05) is 18.5 Å². The lowest BCUT2D eigenvalue weighted by atomic mass is 10.0. The van der Waals surface area contributed by atoms with Crippen molar-refractivity contribution >= 4 is 15.7 Å². The molecule has 1 aromatic rings. The summed E-state index contributed by atoms with van der Waals surface area (Å²) in [7, 11) is -3.64. The summed E-state index contributed by atoms with van der Waals surface area (Å²) in [5.74, 6) is 0.461. The zero-order chi connectivity index (χ0) is 13.2. The van der Waals surface area contributed by atoms with E-state index in [4.69, 9.17) is 9.88 Å². The summed E-state index contributed by atoms with van der Waals surface area (Å²) >= 11 is 0. The largest absolute Gasteiger partial charge is 0.382 e. The first kappa shape index (κ1) is 13.3. The van der Waals surface area contributed by atoms with Crippen LogP contribution in [-0.4, -0.2) is 27.7 Å². The fraction of sp³-hybridized carbons (Fsp3) is 0.500. The summed E-state index contributed by atoms with van der Waals surface area (Å²) in [6.07, 6.45) is 1.03. The zero-order valence-electron chi connectivity index (χ0n) is 10.3. The van der Waals surface area contributed by atoms with E-state index in [-0.39, 0.29) is 10.9 Å². The molecule has 1 aliphatic heterocycles. The van der Waals surface area contributed by atoms with Crippen molar-refractivity contribution in [1.82, 2.24) is 0 Å². The monoisotopic (exact) mass is 270 g/mol. The smallest absolute Gasteiger partial charge is 0.238 e. The molecule has 18 heavy (non-hydrogen) atoms. The Bertz CT molecular complexity index is 510. The third-order valence-electron chi connectivity index (χ3n) is 3.23. The standard InChI is InChI=1S/C12H18N2O3S/c1-9(10-5-6-17-8-10)14-11-3-2-4-12(7-11)18(13,15)16/h2-4,7,9-10,14H,5-6,8H2,1H3,(H2,13,15,16). The molecule has 0 saturated carbocycles. The molecule has 0 spiro atoms. The molecular weight excluding hydrogens is 252 g/mol. The summed E-state index contributed by atoms with van der Waals surface area (Å²) in [5, 5.41) is 8.40. The van der Waals surface area contributed by atoms with Gasteiger partial charge in [0.15, 0.2) is 0 Å². The SMILES string of the molecule is CC(Nc1cccc(S(N)(=O)=O)c1)C1CCOC1. The van der Waals surface area contributed by atoms with E-state index in [0.29, 0.717) is 5.92 Å². The fourth-order valence-electron chi connectivity index (χ4n) is 2.09. The highest BCUT2D eigenvalue weighted by atomic mass is 32.2. The molecule has 2 rings (SSSR count). The average molecular weight is 270 g/mol. The number of benzene rings is 1. The van der Waals surface area contributed by atoms with Gasteiger partial charge in [0, 0.05) is 24.3 Å². The lowest BCUT2D eigenvalue weighted by Crippen LogP contribution is -2.26. The molecule has 0 aromatic heterocycles. The molecule has 2 atom stereocenters. The van der Waals surface area contributed by atoms with Crippen LogP contribution < -0.4 is 10.5 Å². The van der Waals surface area contributed by atoms with Crippen LogP contribution in [-0.2, 0) is 14.8 Å². The van der Waals surface area contributed by atoms with Crippen LogP contribution >= 0.6 is 0 Å². The van der Waals surface area contributed by atoms with Crippen LogP contribution in [0.2, 0.25) is 0 Å². The summed E-state index contributed by atoms with van der Waals surface area (Å²) in [6, 6.07) is 6.80. The van der Waals surface area contributed by atoms with E-state index in [2.05, 4.69) is 12.2 Å². The van der Waals surface area contributed by atoms with Crippen LogP contribution in [0.4, 0.5) is 5.69 Å². The maximum Gasteiger partial charge on any atom is 0.238 e. The Morgan fingerprint density at radius 2 is 2.28 bits per heavy atom. The quantitative estimate of drug-likeness (QED) is 0.860. The highest BCUT2D eigenvalue weighted by Crippen LogP contribution is 2.21. The summed E-state index contributed by atoms with van der Waals surface area (Å²) in [4.78, 5) is 0.127. The van der Waals surface area contributed by atoms with Crippen LogP contribution in [0.5, 0.6) is 0 Å². The van der Waals surface area contributed by atoms with Gasteiger partial charge in [0.25, 0.3) is 0 Å². The molecule has 5 nitrogen and oxygen atoms in total. The highest BCUT2D eigenvalue weighted by molar-refractivity contribution is 7.89. The van der Waals surface area contributed by atoms with Gasteiger partial charge in [-0.05, 0) is 31.5 Å². The molecule has 1 aliphatic rings. The first-order valence-corrected chi connectivity index (χ1v) is 7.48. The van der Waals surface area contributed by atoms with Crippen molar-refractivity contribution in [3.05, 3.63) is 24.3 Å². The van der Waals surface area contributed by atoms with E-state index in [0.717, 1.165) is 25.3 Å². The van der Waals surface area contributed by atoms with Gasteiger partial charge in [-0.2, -0.15) is 0 Å². The van der Waals surface area contributed by atoms with E-state index in [1.54, 1.807) is 12.1 Å². The molecule has 0 bridgehead atoms. The predicted octanol–water partition coefficient (Wildman–Crippen LogP) is 1.17. The molecule has 1 heterocycles. The van der Waals surface area contributed by atoms with Crippen LogP contribution in [0.15, 0.2) is 29.2 Å². The van der Waals surface area contributed by atoms with Gasteiger partial charge in [-0.15, -0.1) is 0 Å². The minimum absolute atomic E-state index is 0.127. The first-order valence-electron chi connectivity index (χ1n) is 5.94. The molecular formula is C12H18N2O3S. The second kappa shape index (κ2) is 5.26. The van der Waals surface area contributed by atoms with E-state index < -0.39 is 10.0 Å². The topological polar surface area (TPSA) is 81.4 Å². The van der Waals surface area contributed by atoms with E-state index in [1.165, 1.54) is 6.07 Å². The van der Waals surface area contributed by atoms with Gasteiger partial charge in [-0.25, -0.2) is 13.6 Å². The second-order valence-electron chi connectivity index (χ2n) is 4.63. The van der Waals surface area contributed by atoms with Crippen molar-refractivity contribution in [3.8, 4) is 0 Å². The van der Waals surface area contributed by atoms with Gasteiger partial charge < -0.3 is 10.1 Å². The number of hydrogen-bond donors (Lipinski definition) is 2. The predicted molar refractivity (Wildman–Crippen MR) is 69.8 cm³/mol. The number of primary sulfonamides is 1. The molecule has 0 aliphatic carbocycles.